The molecule has 2 atom stereocenters. The summed E-state index contributed by atoms with van der Waals surface area (Å²) in [7, 11) is 1.37. The first-order chi connectivity index (χ1) is 18.7. The number of methoxy groups -OCH3 is 1. The zero-order chi connectivity index (χ0) is 28.1. The van der Waals surface area contributed by atoms with Crippen LogP contribution in [0.1, 0.15) is 80.3 Å². The molecule has 204 valence electrons. The molecule has 1 aliphatic rings. The number of hydrogen-bond donors (Lipinski definition) is 2. The largest absolute Gasteiger partial charge is 0.469 e. The van der Waals surface area contributed by atoms with Gasteiger partial charge in [-0.05, 0) is 59.1 Å². The number of Topliss-reactive ketones (excluding diaryl/α,β-unsaturated/α-hetero) is 1. The van der Waals surface area contributed by atoms with E-state index >= 15 is 0 Å². The molecule has 0 aliphatic heterocycles. The Kier molecular flexibility index (Phi) is 8.85. The number of para-hydroxylation sites is 1. The number of hydrogen-bond acceptors (Lipinski definition) is 4. The van der Waals surface area contributed by atoms with E-state index in [2.05, 4.69) is 50.5 Å². The van der Waals surface area contributed by atoms with E-state index in [1.54, 1.807) is 0 Å². The Morgan fingerprint density at radius 1 is 0.744 bits per heavy atom. The summed E-state index contributed by atoms with van der Waals surface area (Å²) in [5.41, 5.74) is 6.33. The highest BCUT2D eigenvalue weighted by Gasteiger charge is 2.38. The van der Waals surface area contributed by atoms with Gasteiger partial charge in [0.1, 0.15) is 0 Å². The van der Waals surface area contributed by atoms with E-state index in [1.165, 1.54) is 7.11 Å². The molecule has 2 amide bonds. The highest BCUT2D eigenvalue weighted by Crippen LogP contribution is 2.36. The van der Waals surface area contributed by atoms with Gasteiger partial charge < -0.3 is 15.4 Å². The highest BCUT2D eigenvalue weighted by molar-refractivity contribution is 6.01. The van der Waals surface area contributed by atoms with Crippen molar-refractivity contribution in [1.82, 2.24) is 0 Å². The first-order valence-corrected chi connectivity index (χ1v) is 13.7. The van der Waals surface area contributed by atoms with Gasteiger partial charge in [0.05, 0.1) is 13.0 Å². The lowest BCUT2D eigenvalue weighted by atomic mass is 9.88. The lowest BCUT2D eigenvalue weighted by Crippen LogP contribution is -2.26. The van der Waals surface area contributed by atoms with E-state index < -0.39 is 0 Å². The summed E-state index contributed by atoms with van der Waals surface area (Å²) >= 11 is 0. The maximum atomic E-state index is 13.1. The number of rotatable bonds is 8. The average molecular weight is 527 g/mol. The van der Waals surface area contributed by atoms with Crippen LogP contribution in [0.4, 0.5) is 16.2 Å². The number of esters is 1. The van der Waals surface area contributed by atoms with Gasteiger partial charge in [-0.3, -0.25) is 9.59 Å². The molecule has 0 aromatic heterocycles. The number of benzene rings is 3. The smallest absolute Gasteiger partial charge is 0.323 e. The van der Waals surface area contributed by atoms with Crippen molar-refractivity contribution in [3.05, 3.63) is 83.4 Å². The van der Waals surface area contributed by atoms with Gasteiger partial charge in [0.25, 0.3) is 0 Å². The molecule has 3 aromatic rings. The van der Waals surface area contributed by atoms with Crippen molar-refractivity contribution < 1.29 is 19.1 Å². The molecule has 39 heavy (non-hydrogen) atoms. The lowest BCUT2D eigenvalue weighted by Gasteiger charge is -2.20. The standard InChI is InChI=1S/C33H38N2O4/c1-20(2)26-8-6-9-27(21(3)4)30(26)35-33(38)34-25-18-16-23(17-19-25)22-12-14-24(15-13-22)31(36)28-10-7-11-29(28)32(37)39-5/h6,8-9,12-21,28-29H,7,10-11H2,1-5H3,(H2,34,35,38)/t28-,29-/m1/s1. The molecule has 1 fully saturated rings. The molecular weight excluding hydrogens is 488 g/mol. The summed E-state index contributed by atoms with van der Waals surface area (Å²) in [5.74, 6) is -0.395. The summed E-state index contributed by atoms with van der Waals surface area (Å²) in [4.78, 5) is 38.0. The van der Waals surface area contributed by atoms with Crippen LogP contribution < -0.4 is 10.6 Å². The number of urea groups is 1. The zero-order valence-corrected chi connectivity index (χ0v) is 23.4. The number of amides is 2. The summed E-state index contributed by atoms with van der Waals surface area (Å²) in [6, 6.07) is 21.0. The van der Waals surface area contributed by atoms with Gasteiger partial charge in [-0.1, -0.05) is 88.7 Å². The summed E-state index contributed by atoms with van der Waals surface area (Å²) < 4.78 is 4.90. The van der Waals surface area contributed by atoms with Crippen LogP contribution in [0, 0.1) is 11.8 Å². The normalized spacial score (nSPS) is 16.8. The summed E-state index contributed by atoms with van der Waals surface area (Å²) in [6.07, 6.45) is 2.27. The molecule has 0 bridgehead atoms. The van der Waals surface area contributed by atoms with Gasteiger partial charge in [0, 0.05) is 22.9 Å². The molecule has 0 unspecified atom stereocenters. The molecule has 0 saturated heterocycles. The Morgan fingerprint density at radius 3 is 1.82 bits per heavy atom. The predicted octanol–water partition coefficient (Wildman–Crippen LogP) is 8.02. The minimum Gasteiger partial charge on any atom is -0.469 e. The van der Waals surface area contributed by atoms with Gasteiger partial charge in [-0.25, -0.2) is 4.79 Å². The summed E-state index contributed by atoms with van der Waals surface area (Å²) in [5, 5.41) is 6.02. The van der Waals surface area contributed by atoms with Crippen LogP contribution in [0.15, 0.2) is 66.7 Å². The molecule has 1 saturated carbocycles. The quantitative estimate of drug-likeness (QED) is 0.230. The van der Waals surface area contributed by atoms with Crippen molar-refractivity contribution in [3.63, 3.8) is 0 Å². The van der Waals surface area contributed by atoms with Crippen molar-refractivity contribution in [2.45, 2.75) is 58.8 Å². The predicted molar refractivity (Wildman–Crippen MR) is 156 cm³/mol. The van der Waals surface area contributed by atoms with Crippen molar-refractivity contribution in [2.24, 2.45) is 11.8 Å². The Labute approximate surface area is 231 Å². The Morgan fingerprint density at radius 2 is 1.28 bits per heavy atom. The van der Waals surface area contributed by atoms with Crippen LogP contribution in [0.25, 0.3) is 11.1 Å². The molecule has 3 aromatic carbocycles. The fraction of sp³-hybridized carbons (Fsp3) is 0.364. The summed E-state index contributed by atoms with van der Waals surface area (Å²) in [6.45, 7) is 8.49. The van der Waals surface area contributed by atoms with Crippen molar-refractivity contribution in [3.8, 4) is 11.1 Å². The number of nitrogens with one attached hydrogen (secondary N) is 2. The number of carbonyl (C=O) groups excluding carboxylic acids is 3. The fourth-order valence-electron chi connectivity index (χ4n) is 5.47. The number of anilines is 2. The molecule has 6 heteroatoms. The maximum absolute atomic E-state index is 13.1. The molecule has 0 radical (unpaired) electrons. The lowest BCUT2D eigenvalue weighted by molar-refractivity contribution is -0.146. The second kappa shape index (κ2) is 12.3. The number of carbonyl (C=O) groups is 3. The Hall–Kier alpha value is -3.93. The van der Waals surface area contributed by atoms with Crippen molar-refractivity contribution in [1.29, 1.82) is 0 Å². The molecule has 4 rings (SSSR count). The first-order valence-electron chi connectivity index (χ1n) is 13.7. The Bertz CT molecular complexity index is 1300. The molecule has 2 N–H and O–H groups in total. The van der Waals surface area contributed by atoms with Crippen molar-refractivity contribution in [2.75, 3.05) is 17.7 Å². The van der Waals surface area contributed by atoms with Gasteiger partial charge >= 0.3 is 12.0 Å². The second-order valence-corrected chi connectivity index (χ2v) is 10.9. The van der Waals surface area contributed by atoms with E-state index in [0.717, 1.165) is 34.4 Å². The average Bonchev–Trinajstić information content (AvgIpc) is 3.42. The van der Waals surface area contributed by atoms with Crippen LogP contribution in [0.5, 0.6) is 0 Å². The maximum Gasteiger partial charge on any atom is 0.323 e. The SMILES string of the molecule is COC(=O)[C@@H]1CCC[C@H]1C(=O)c1ccc(-c2ccc(NC(=O)Nc3c(C(C)C)cccc3C(C)C)cc2)cc1. The van der Waals surface area contributed by atoms with Crippen LogP contribution in [-0.4, -0.2) is 24.9 Å². The number of ketones is 1. The molecule has 0 spiro atoms. The third-order valence-electron chi connectivity index (χ3n) is 7.61. The van der Waals surface area contributed by atoms with E-state index in [-0.39, 0.29) is 41.5 Å². The third-order valence-corrected chi connectivity index (χ3v) is 7.61. The topological polar surface area (TPSA) is 84.5 Å². The van der Waals surface area contributed by atoms with Crippen LogP contribution in [-0.2, 0) is 9.53 Å². The fourth-order valence-corrected chi connectivity index (χ4v) is 5.47. The minimum absolute atomic E-state index is 0.000301. The van der Waals surface area contributed by atoms with Gasteiger partial charge in [-0.2, -0.15) is 0 Å². The van der Waals surface area contributed by atoms with E-state index in [1.807, 2.05) is 54.6 Å². The zero-order valence-electron chi connectivity index (χ0n) is 23.4. The first kappa shape index (κ1) is 28.1. The molecule has 1 aliphatic carbocycles. The van der Waals surface area contributed by atoms with Gasteiger partial charge in [-0.15, -0.1) is 0 Å². The highest BCUT2D eigenvalue weighted by atomic mass is 16.5. The number of ether oxygens (including phenoxy) is 1. The van der Waals surface area contributed by atoms with Crippen LogP contribution in [0.3, 0.4) is 0 Å². The minimum atomic E-state index is -0.352. The van der Waals surface area contributed by atoms with Crippen LogP contribution in [0.2, 0.25) is 0 Å². The van der Waals surface area contributed by atoms with Gasteiger partial charge in [0.15, 0.2) is 5.78 Å². The second-order valence-electron chi connectivity index (χ2n) is 10.9. The Balaban J connectivity index is 1.42. The molecular formula is C33H38N2O4. The molecule has 6 nitrogen and oxygen atoms in total. The van der Waals surface area contributed by atoms with Gasteiger partial charge in [0.2, 0.25) is 0 Å². The van der Waals surface area contributed by atoms with Crippen LogP contribution >= 0.6 is 0 Å². The van der Waals surface area contributed by atoms with E-state index in [0.29, 0.717) is 24.1 Å². The monoisotopic (exact) mass is 526 g/mol. The van der Waals surface area contributed by atoms with E-state index in [4.69, 9.17) is 4.74 Å². The molecule has 0 heterocycles. The van der Waals surface area contributed by atoms with Crippen molar-refractivity contribution >= 4 is 29.2 Å². The van der Waals surface area contributed by atoms with E-state index in [9.17, 15) is 14.4 Å². The third kappa shape index (κ3) is 6.39.